The lowest BCUT2D eigenvalue weighted by molar-refractivity contribution is -0.133. The zero-order valence-electron chi connectivity index (χ0n) is 7.36. The molecule has 0 unspecified atom stereocenters. The van der Waals surface area contributed by atoms with Gasteiger partial charge in [-0.2, -0.15) is 0 Å². The second-order valence-electron chi connectivity index (χ2n) is 3.38. The quantitative estimate of drug-likeness (QED) is 0.543. The van der Waals surface area contributed by atoms with E-state index in [0.29, 0.717) is 19.5 Å². The number of likely N-dealkylation sites (tertiary alicyclic amines) is 1. The van der Waals surface area contributed by atoms with Crippen LogP contribution in [0, 0.1) is 5.92 Å². The Balaban J connectivity index is 2.45. The maximum Gasteiger partial charge on any atom is 0.236 e. The van der Waals surface area contributed by atoms with Crippen molar-refractivity contribution < 1.29 is 9.90 Å². The standard InChI is InChI=1S/C8H16N2O2/c1-6-5-10(8(12)4-9)3-2-7(6)11/h6-7,11H,2-5,9H2,1H3/t6-,7-/m1/s1. The van der Waals surface area contributed by atoms with E-state index in [1.807, 2.05) is 6.92 Å². The Morgan fingerprint density at radius 2 is 2.42 bits per heavy atom. The highest BCUT2D eigenvalue weighted by molar-refractivity contribution is 5.78. The average Bonchev–Trinajstić information content (AvgIpc) is 2.08. The molecule has 0 radical (unpaired) electrons. The number of aliphatic hydroxyl groups is 1. The van der Waals surface area contributed by atoms with Crippen LogP contribution in [0.3, 0.4) is 0 Å². The van der Waals surface area contributed by atoms with Crippen molar-refractivity contribution in [3.63, 3.8) is 0 Å². The highest BCUT2D eigenvalue weighted by atomic mass is 16.3. The van der Waals surface area contributed by atoms with Gasteiger partial charge < -0.3 is 15.7 Å². The third-order valence-electron chi connectivity index (χ3n) is 2.39. The fourth-order valence-electron chi connectivity index (χ4n) is 1.49. The van der Waals surface area contributed by atoms with Crippen LogP contribution in [-0.4, -0.2) is 41.7 Å². The summed E-state index contributed by atoms with van der Waals surface area (Å²) < 4.78 is 0. The van der Waals surface area contributed by atoms with Crippen molar-refractivity contribution in [1.82, 2.24) is 4.90 Å². The van der Waals surface area contributed by atoms with Gasteiger partial charge in [0.15, 0.2) is 0 Å². The fraction of sp³-hybridized carbons (Fsp3) is 0.875. The number of hydrogen-bond donors (Lipinski definition) is 2. The summed E-state index contributed by atoms with van der Waals surface area (Å²) in [6, 6.07) is 0. The van der Waals surface area contributed by atoms with E-state index in [0.717, 1.165) is 0 Å². The molecular formula is C8H16N2O2. The van der Waals surface area contributed by atoms with Crippen molar-refractivity contribution in [3.05, 3.63) is 0 Å². The van der Waals surface area contributed by atoms with Crippen LogP contribution in [0.5, 0.6) is 0 Å². The third-order valence-corrected chi connectivity index (χ3v) is 2.39. The summed E-state index contributed by atoms with van der Waals surface area (Å²) in [6.45, 7) is 3.29. The van der Waals surface area contributed by atoms with Gasteiger partial charge in [-0.15, -0.1) is 0 Å². The molecule has 0 spiro atoms. The number of amides is 1. The van der Waals surface area contributed by atoms with E-state index in [1.165, 1.54) is 0 Å². The van der Waals surface area contributed by atoms with Crippen molar-refractivity contribution in [2.75, 3.05) is 19.6 Å². The number of nitrogens with zero attached hydrogens (tertiary/aromatic N) is 1. The minimum Gasteiger partial charge on any atom is -0.393 e. The maximum atomic E-state index is 11.1. The van der Waals surface area contributed by atoms with Gasteiger partial charge in [-0.05, 0) is 12.3 Å². The first kappa shape index (κ1) is 9.48. The SMILES string of the molecule is C[C@@H]1CN(C(=O)CN)CC[C@H]1O. The van der Waals surface area contributed by atoms with E-state index >= 15 is 0 Å². The summed E-state index contributed by atoms with van der Waals surface area (Å²) in [5.74, 6) is 0.156. The Morgan fingerprint density at radius 3 is 2.92 bits per heavy atom. The number of carbonyl (C=O) groups excluding carboxylic acids is 1. The van der Waals surface area contributed by atoms with Gasteiger partial charge >= 0.3 is 0 Å². The van der Waals surface area contributed by atoms with Gasteiger partial charge in [-0.1, -0.05) is 6.92 Å². The van der Waals surface area contributed by atoms with Crippen molar-refractivity contribution in [3.8, 4) is 0 Å². The minimum atomic E-state index is -0.258. The van der Waals surface area contributed by atoms with Gasteiger partial charge in [0.25, 0.3) is 0 Å². The molecule has 1 aliphatic heterocycles. The first-order valence-electron chi connectivity index (χ1n) is 4.31. The van der Waals surface area contributed by atoms with Gasteiger partial charge in [-0.3, -0.25) is 4.79 Å². The Labute approximate surface area is 72.3 Å². The van der Waals surface area contributed by atoms with E-state index in [1.54, 1.807) is 4.90 Å². The Bertz CT molecular complexity index is 172. The van der Waals surface area contributed by atoms with E-state index in [-0.39, 0.29) is 24.5 Å². The zero-order chi connectivity index (χ0) is 9.14. The molecule has 0 aliphatic carbocycles. The molecule has 4 nitrogen and oxygen atoms in total. The van der Waals surface area contributed by atoms with Crippen LogP contribution >= 0.6 is 0 Å². The Kier molecular flexibility index (Phi) is 3.05. The highest BCUT2D eigenvalue weighted by Crippen LogP contribution is 2.15. The van der Waals surface area contributed by atoms with Crippen molar-refractivity contribution in [1.29, 1.82) is 0 Å². The molecule has 70 valence electrons. The predicted molar refractivity (Wildman–Crippen MR) is 45.4 cm³/mol. The average molecular weight is 172 g/mol. The molecule has 2 atom stereocenters. The zero-order valence-corrected chi connectivity index (χ0v) is 7.36. The van der Waals surface area contributed by atoms with Gasteiger partial charge in [0.2, 0.25) is 5.91 Å². The van der Waals surface area contributed by atoms with Crippen molar-refractivity contribution >= 4 is 5.91 Å². The van der Waals surface area contributed by atoms with E-state index in [4.69, 9.17) is 5.73 Å². The number of carbonyl (C=O) groups is 1. The summed E-state index contributed by atoms with van der Waals surface area (Å²) >= 11 is 0. The largest absolute Gasteiger partial charge is 0.393 e. The van der Waals surface area contributed by atoms with Crippen molar-refractivity contribution in [2.45, 2.75) is 19.4 Å². The number of nitrogens with two attached hydrogens (primary N) is 1. The molecule has 1 rings (SSSR count). The molecule has 0 aromatic rings. The van der Waals surface area contributed by atoms with E-state index in [9.17, 15) is 9.90 Å². The Hall–Kier alpha value is -0.610. The molecule has 4 heteroatoms. The minimum absolute atomic E-state index is 0.0197. The molecule has 1 fully saturated rings. The smallest absolute Gasteiger partial charge is 0.236 e. The highest BCUT2D eigenvalue weighted by Gasteiger charge is 2.26. The summed E-state index contributed by atoms with van der Waals surface area (Å²) in [5.41, 5.74) is 5.23. The van der Waals surface area contributed by atoms with Crippen LogP contribution in [0.25, 0.3) is 0 Å². The molecule has 0 bridgehead atoms. The molecular weight excluding hydrogens is 156 g/mol. The number of rotatable bonds is 1. The molecule has 0 aromatic carbocycles. The molecule has 1 heterocycles. The van der Waals surface area contributed by atoms with Gasteiger partial charge in [0, 0.05) is 13.1 Å². The third kappa shape index (κ3) is 1.95. The molecule has 0 aromatic heterocycles. The summed E-state index contributed by atoms with van der Waals surface area (Å²) in [5, 5.41) is 9.38. The number of aliphatic hydroxyl groups excluding tert-OH is 1. The number of piperidine rings is 1. The van der Waals surface area contributed by atoms with Gasteiger partial charge in [-0.25, -0.2) is 0 Å². The van der Waals surface area contributed by atoms with Crippen LogP contribution in [0.1, 0.15) is 13.3 Å². The molecule has 0 saturated carbocycles. The lowest BCUT2D eigenvalue weighted by Gasteiger charge is -2.34. The number of hydrogen-bond acceptors (Lipinski definition) is 3. The molecule has 1 saturated heterocycles. The second kappa shape index (κ2) is 3.87. The molecule has 1 aliphatic rings. The lowest BCUT2D eigenvalue weighted by atomic mass is 9.97. The van der Waals surface area contributed by atoms with Gasteiger partial charge in [0.1, 0.15) is 0 Å². The summed E-state index contributed by atoms with van der Waals surface area (Å²) in [7, 11) is 0. The normalized spacial score (nSPS) is 30.4. The van der Waals surface area contributed by atoms with Crippen molar-refractivity contribution in [2.24, 2.45) is 11.7 Å². The Morgan fingerprint density at radius 1 is 1.75 bits per heavy atom. The van der Waals surface area contributed by atoms with E-state index < -0.39 is 0 Å². The first-order valence-corrected chi connectivity index (χ1v) is 4.31. The molecule has 12 heavy (non-hydrogen) atoms. The monoisotopic (exact) mass is 172 g/mol. The topological polar surface area (TPSA) is 66.6 Å². The summed E-state index contributed by atoms with van der Waals surface area (Å²) in [6.07, 6.45) is 0.416. The van der Waals surface area contributed by atoms with Crippen LogP contribution in [0.2, 0.25) is 0 Å². The fourth-order valence-corrected chi connectivity index (χ4v) is 1.49. The summed E-state index contributed by atoms with van der Waals surface area (Å²) in [4.78, 5) is 12.9. The van der Waals surface area contributed by atoms with Crippen LogP contribution in [0.15, 0.2) is 0 Å². The molecule has 3 N–H and O–H groups in total. The van der Waals surface area contributed by atoms with E-state index in [2.05, 4.69) is 0 Å². The maximum absolute atomic E-state index is 11.1. The van der Waals surface area contributed by atoms with Crippen LogP contribution < -0.4 is 5.73 Å². The predicted octanol–water partition coefficient (Wildman–Crippen LogP) is -0.826. The van der Waals surface area contributed by atoms with Gasteiger partial charge in [0.05, 0.1) is 12.6 Å². The van der Waals surface area contributed by atoms with Crippen LogP contribution in [-0.2, 0) is 4.79 Å². The lowest BCUT2D eigenvalue weighted by Crippen LogP contribution is -2.47. The molecule has 1 amide bonds. The second-order valence-corrected chi connectivity index (χ2v) is 3.38. The van der Waals surface area contributed by atoms with Crippen LogP contribution in [0.4, 0.5) is 0 Å². The first-order chi connectivity index (χ1) is 5.65.